The SMILES string of the molecule is CC(C)CC1CCCCCN1C(=O)c1cc(C(=O)O)ccn1. The smallest absolute Gasteiger partial charge is 0.335 e. The van der Waals surface area contributed by atoms with Crippen LogP contribution in [0.2, 0.25) is 0 Å². The molecule has 1 aromatic heterocycles. The van der Waals surface area contributed by atoms with Crippen molar-refractivity contribution in [2.75, 3.05) is 6.54 Å². The van der Waals surface area contributed by atoms with Crippen LogP contribution in [-0.2, 0) is 0 Å². The predicted molar refractivity (Wildman–Crippen MR) is 83.9 cm³/mol. The third kappa shape index (κ3) is 4.06. The molecule has 2 rings (SSSR count). The first-order valence-corrected chi connectivity index (χ1v) is 7.99. The highest BCUT2D eigenvalue weighted by molar-refractivity contribution is 5.96. The number of amides is 1. The molecule has 5 heteroatoms. The van der Waals surface area contributed by atoms with Crippen molar-refractivity contribution in [2.24, 2.45) is 5.92 Å². The lowest BCUT2D eigenvalue weighted by atomic mass is 9.98. The van der Waals surface area contributed by atoms with Crippen molar-refractivity contribution < 1.29 is 14.7 Å². The fourth-order valence-electron chi connectivity index (χ4n) is 3.06. The summed E-state index contributed by atoms with van der Waals surface area (Å²) in [6, 6.07) is 3.01. The van der Waals surface area contributed by atoms with Crippen molar-refractivity contribution in [2.45, 2.75) is 52.0 Å². The number of carboxylic acid groups (broad SMARTS) is 1. The van der Waals surface area contributed by atoms with Gasteiger partial charge >= 0.3 is 5.97 Å². The van der Waals surface area contributed by atoms with Crippen molar-refractivity contribution in [3.05, 3.63) is 29.6 Å². The molecule has 1 atom stereocenters. The van der Waals surface area contributed by atoms with Crippen molar-refractivity contribution in [1.29, 1.82) is 0 Å². The third-order valence-corrected chi connectivity index (χ3v) is 4.11. The van der Waals surface area contributed by atoms with Gasteiger partial charge in [0, 0.05) is 18.8 Å². The molecule has 1 fully saturated rings. The van der Waals surface area contributed by atoms with Crippen molar-refractivity contribution in [3.8, 4) is 0 Å². The van der Waals surface area contributed by atoms with E-state index in [-0.39, 0.29) is 23.2 Å². The molecule has 120 valence electrons. The van der Waals surface area contributed by atoms with Crippen LogP contribution in [0.4, 0.5) is 0 Å². The monoisotopic (exact) mass is 304 g/mol. The fraction of sp³-hybridized carbons (Fsp3) is 0.588. The van der Waals surface area contributed by atoms with Gasteiger partial charge in [0.05, 0.1) is 5.56 Å². The molecule has 1 aliphatic rings. The highest BCUT2D eigenvalue weighted by Gasteiger charge is 2.27. The standard InChI is InChI=1S/C17H24N2O3/c1-12(2)10-14-6-4-3-5-9-19(14)16(20)15-11-13(17(21)22)7-8-18-15/h7-8,11-12,14H,3-6,9-10H2,1-2H3,(H,21,22). The number of carbonyl (C=O) groups is 2. The number of pyridine rings is 1. The molecule has 1 aliphatic heterocycles. The van der Waals surface area contributed by atoms with Crippen LogP contribution in [0.1, 0.15) is 66.8 Å². The Kier molecular flexibility index (Phi) is 5.52. The molecule has 1 N–H and O–H groups in total. The van der Waals surface area contributed by atoms with Crippen LogP contribution in [-0.4, -0.2) is 39.5 Å². The highest BCUT2D eigenvalue weighted by atomic mass is 16.4. The number of carboxylic acids is 1. The van der Waals surface area contributed by atoms with Gasteiger partial charge in [-0.1, -0.05) is 26.7 Å². The van der Waals surface area contributed by atoms with Crippen LogP contribution < -0.4 is 0 Å². The number of carbonyl (C=O) groups excluding carboxylic acids is 1. The van der Waals surface area contributed by atoms with Crippen LogP contribution in [0, 0.1) is 5.92 Å². The molecule has 0 radical (unpaired) electrons. The van der Waals surface area contributed by atoms with Crippen LogP contribution >= 0.6 is 0 Å². The van der Waals surface area contributed by atoms with Crippen molar-refractivity contribution in [1.82, 2.24) is 9.88 Å². The molecule has 2 heterocycles. The summed E-state index contributed by atoms with van der Waals surface area (Å²) in [4.78, 5) is 29.8. The van der Waals surface area contributed by atoms with Crippen LogP contribution in [0.5, 0.6) is 0 Å². The van der Waals surface area contributed by atoms with E-state index in [2.05, 4.69) is 18.8 Å². The van der Waals surface area contributed by atoms with E-state index in [1.165, 1.54) is 18.3 Å². The Bertz CT molecular complexity index is 542. The molecule has 0 bridgehead atoms. The van der Waals surface area contributed by atoms with Crippen LogP contribution in [0.25, 0.3) is 0 Å². The maximum Gasteiger partial charge on any atom is 0.335 e. The summed E-state index contributed by atoms with van der Waals surface area (Å²) in [5, 5.41) is 9.06. The molecule has 0 aliphatic carbocycles. The molecule has 1 amide bonds. The molecular weight excluding hydrogens is 280 g/mol. The van der Waals surface area contributed by atoms with E-state index in [9.17, 15) is 9.59 Å². The Morgan fingerprint density at radius 3 is 2.82 bits per heavy atom. The Balaban J connectivity index is 2.23. The second-order valence-electron chi connectivity index (χ2n) is 6.37. The van der Waals surface area contributed by atoms with Crippen molar-refractivity contribution >= 4 is 11.9 Å². The topological polar surface area (TPSA) is 70.5 Å². The number of aromatic carboxylic acids is 1. The lowest BCUT2D eigenvalue weighted by molar-refractivity contribution is 0.0655. The first-order valence-electron chi connectivity index (χ1n) is 7.99. The Labute approximate surface area is 131 Å². The number of nitrogens with zero attached hydrogens (tertiary/aromatic N) is 2. The Morgan fingerprint density at radius 2 is 2.14 bits per heavy atom. The van der Waals surface area contributed by atoms with Gasteiger partial charge < -0.3 is 10.0 Å². The minimum absolute atomic E-state index is 0.105. The van der Waals surface area contributed by atoms with Gasteiger partial charge in [0.15, 0.2) is 0 Å². The minimum atomic E-state index is -1.04. The van der Waals surface area contributed by atoms with Crippen LogP contribution in [0.3, 0.4) is 0 Å². The number of hydrogen-bond acceptors (Lipinski definition) is 3. The summed E-state index contributed by atoms with van der Waals surface area (Å²) in [6.07, 6.45) is 6.67. The molecule has 0 saturated carbocycles. The molecule has 1 saturated heterocycles. The van der Waals surface area contributed by atoms with Crippen molar-refractivity contribution in [3.63, 3.8) is 0 Å². The number of aromatic nitrogens is 1. The van der Waals surface area contributed by atoms with E-state index in [1.807, 2.05) is 4.90 Å². The van der Waals surface area contributed by atoms with E-state index in [1.54, 1.807) is 0 Å². The summed E-state index contributed by atoms with van der Waals surface area (Å²) < 4.78 is 0. The Morgan fingerprint density at radius 1 is 1.36 bits per heavy atom. The van der Waals surface area contributed by atoms with E-state index >= 15 is 0 Å². The average molecular weight is 304 g/mol. The molecule has 22 heavy (non-hydrogen) atoms. The van der Waals surface area contributed by atoms with E-state index < -0.39 is 5.97 Å². The normalized spacial score (nSPS) is 19.0. The zero-order valence-corrected chi connectivity index (χ0v) is 13.3. The highest BCUT2D eigenvalue weighted by Crippen LogP contribution is 2.24. The van der Waals surface area contributed by atoms with Gasteiger partial charge in [0.1, 0.15) is 5.69 Å². The summed E-state index contributed by atoms with van der Waals surface area (Å²) in [5.74, 6) is -0.654. The summed E-state index contributed by atoms with van der Waals surface area (Å²) >= 11 is 0. The summed E-state index contributed by atoms with van der Waals surface area (Å²) in [5.41, 5.74) is 0.337. The fourth-order valence-corrected chi connectivity index (χ4v) is 3.06. The maximum absolute atomic E-state index is 12.8. The van der Waals surface area contributed by atoms with Gasteiger partial charge in [-0.05, 0) is 37.3 Å². The van der Waals surface area contributed by atoms with E-state index in [0.29, 0.717) is 5.92 Å². The lowest BCUT2D eigenvalue weighted by Gasteiger charge is -2.31. The Hall–Kier alpha value is -1.91. The van der Waals surface area contributed by atoms with Gasteiger partial charge in [-0.25, -0.2) is 4.79 Å². The first-order chi connectivity index (χ1) is 10.5. The third-order valence-electron chi connectivity index (χ3n) is 4.11. The zero-order chi connectivity index (χ0) is 16.1. The molecule has 0 aromatic carbocycles. The number of likely N-dealkylation sites (tertiary alicyclic amines) is 1. The largest absolute Gasteiger partial charge is 0.478 e. The van der Waals surface area contributed by atoms with E-state index in [4.69, 9.17) is 5.11 Å². The zero-order valence-electron chi connectivity index (χ0n) is 13.3. The first kappa shape index (κ1) is 16.5. The predicted octanol–water partition coefficient (Wildman–Crippen LogP) is 3.21. The molecule has 0 spiro atoms. The minimum Gasteiger partial charge on any atom is -0.478 e. The van der Waals surface area contributed by atoms with E-state index in [0.717, 1.165) is 38.6 Å². The molecular formula is C17H24N2O3. The summed E-state index contributed by atoms with van der Waals surface area (Å²) in [6.45, 7) is 5.06. The molecule has 1 unspecified atom stereocenters. The summed E-state index contributed by atoms with van der Waals surface area (Å²) in [7, 11) is 0. The van der Waals surface area contributed by atoms with Gasteiger partial charge in [0.2, 0.25) is 0 Å². The average Bonchev–Trinajstić information content (AvgIpc) is 2.71. The lowest BCUT2D eigenvalue weighted by Crippen LogP contribution is -2.41. The number of rotatable bonds is 4. The van der Waals surface area contributed by atoms with Crippen LogP contribution in [0.15, 0.2) is 18.3 Å². The van der Waals surface area contributed by atoms with Gasteiger partial charge in [-0.3, -0.25) is 9.78 Å². The quantitative estimate of drug-likeness (QED) is 0.927. The van der Waals surface area contributed by atoms with Gasteiger partial charge in [-0.15, -0.1) is 0 Å². The maximum atomic E-state index is 12.8. The van der Waals surface area contributed by atoms with Gasteiger partial charge in [0.25, 0.3) is 5.91 Å². The number of hydrogen-bond donors (Lipinski definition) is 1. The molecule has 1 aromatic rings. The van der Waals surface area contributed by atoms with Gasteiger partial charge in [-0.2, -0.15) is 0 Å². The second kappa shape index (κ2) is 7.38. The second-order valence-corrected chi connectivity index (χ2v) is 6.37. The molecule has 5 nitrogen and oxygen atoms in total.